The normalized spacial score (nSPS) is 12.3. The quantitative estimate of drug-likeness (QED) is 0.299. The third-order valence-electron chi connectivity index (χ3n) is 4.72. The van der Waals surface area contributed by atoms with Gasteiger partial charge in [-0.15, -0.1) is 24.8 Å². The molecule has 1 N–H and O–H groups in total. The Labute approximate surface area is 191 Å². The smallest absolute Gasteiger partial charge is 0.406 e. The van der Waals surface area contributed by atoms with Crippen LogP contribution in [0.2, 0.25) is 5.02 Å². The Hall–Kier alpha value is -2.77. The minimum Gasteiger partial charge on any atom is -0.406 e. The molecule has 0 saturated carbocycles. The molecule has 0 bridgehead atoms. The molecule has 0 aliphatic carbocycles. The summed E-state index contributed by atoms with van der Waals surface area (Å²) < 4.78 is 54.9. The van der Waals surface area contributed by atoms with Crippen LogP contribution >= 0.6 is 23.2 Å². The van der Waals surface area contributed by atoms with Gasteiger partial charge in [-0.05, 0) is 53.4 Å². The molecule has 3 nitrogen and oxygen atoms in total. The van der Waals surface area contributed by atoms with Crippen LogP contribution in [0.15, 0.2) is 60.7 Å². The Morgan fingerprint density at radius 3 is 2.28 bits per heavy atom. The lowest BCUT2D eigenvalue weighted by atomic mass is 9.96. The van der Waals surface area contributed by atoms with E-state index in [-0.39, 0.29) is 22.2 Å². The molecule has 0 saturated heterocycles. The first-order valence-electron chi connectivity index (χ1n) is 9.36. The molecule has 1 atom stereocenters. The number of ether oxygens (including phenoxy) is 1. The molecule has 0 radical (unpaired) electrons. The number of amides is 1. The van der Waals surface area contributed by atoms with Crippen LogP contribution in [0, 0.1) is 12.7 Å². The van der Waals surface area contributed by atoms with Gasteiger partial charge < -0.3 is 10.1 Å². The van der Waals surface area contributed by atoms with Crippen LogP contribution in [0.4, 0.5) is 17.6 Å². The Balaban J connectivity index is 1.81. The molecule has 0 fully saturated rings. The zero-order valence-electron chi connectivity index (χ0n) is 16.6. The van der Waals surface area contributed by atoms with Crippen molar-refractivity contribution < 1.29 is 27.1 Å². The van der Waals surface area contributed by atoms with Gasteiger partial charge in [-0.3, -0.25) is 4.79 Å². The fourth-order valence-electron chi connectivity index (χ4n) is 3.24. The number of carbonyl (C=O) groups is 1. The van der Waals surface area contributed by atoms with Crippen molar-refractivity contribution in [1.29, 1.82) is 0 Å². The topological polar surface area (TPSA) is 38.3 Å². The van der Waals surface area contributed by atoms with Crippen LogP contribution in [0.1, 0.15) is 27.5 Å². The highest BCUT2D eigenvalue weighted by Gasteiger charge is 2.31. The van der Waals surface area contributed by atoms with E-state index in [9.17, 15) is 22.4 Å². The largest absolute Gasteiger partial charge is 0.573 e. The van der Waals surface area contributed by atoms with Crippen LogP contribution in [0.25, 0.3) is 11.1 Å². The lowest BCUT2D eigenvalue weighted by Crippen LogP contribution is -2.31. The molecule has 3 aromatic carbocycles. The summed E-state index contributed by atoms with van der Waals surface area (Å²) in [5, 5.41) is 2.68. The molecule has 32 heavy (non-hydrogen) atoms. The second-order valence-electron chi connectivity index (χ2n) is 6.92. The van der Waals surface area contributed by atoms with Crippen molar-refractivity contribution in [3.63, 3.8) is 0 Å². The number of carbonyl (C=O) groups excluding carboxylic acids is 1. The molecule has 3 rings (SSSR count). The zero-order valence-corrected chi connectivity index (χ0v) is 18.2. The van der Waals surface area contributed by atoms with Gasteiger partial charge in [-0.1, -0.05) is 48.0 Å². The van der Waals surface area contributed by atoms with Crippen molar-refractivity contribution in [3.05, 3.63) is 88.2 Å². The molecule has 0 aliphatic rings. The van der Waals surface area contributed by atoms with Crippen molar-refractivity contribution in [2.75, 3.05) is 5.88 Å². The second-order valence-corrected chi connectivity index (χ2v) is 7.64. The van der Waals surface area contributed by atoms with E-state index in [1.165, 1.54) is 36.4 Å². The maximum absolute atomic E-state index is 14.0. The Morgan fingerprint density at radius 1 is 1.06 bits per heavy atom. The van der Waals surface area contributed by atoms with Crippen LogP contribution < -0.4 is 10.1 Å². The van der Waals surface area contributed by atoms with Gasteiger partial charge >= 0.3 is 6.36 Å². The van der Waals surface area contributed by atoms with Gasteiger partial charge in [0.05, 0.1) is 16.6 Å². The van der Waals surface area contributed by atoms with Crippen LogP contribution in [-0.2, 0) is 0 Å². The molecule has 168 valence electrons. The second kappa shape index (κ2) is 9.79. The molecule has 0 heterocycles. The molecule has 0 spiro atoms. The molecule has 3 aromatic rings. The predicted octanol–water partition coefficient (Wildman–Crippen LogP) is 7.06. The summed E-state index contributed by atoms with van der Waals surface area (Å²) in [7, 11) is 0. The highest BCUT2D eigenvalue weighted by molar-refractivity contribution is 6.33. The fourth-order valence-corrected chi connectivity index (χ4v) is 3.73. The molecule has 0 aliphatic heterocycles. The molecule has 9 heteroatoms. The van der Waals surface area contributed by atoms with Crippen LogP contribution in [-0.4, -0.2) is 18.1 Å². The van der Waals surface area contributed by atoms with Gasteiger partial charge in [0.2, 0.25) is 0 Å². The van der Waals surface area contributed by atoms with E-state index in [0.717, 1.165) is 17.2 Å². The standard InChI is InChI=1S/C23H17Cl2F4NO2/c1-13-11-15(14-5-8-16(9-6-14)32-23(27,28)29)7-10-17(13)20(12-24)30-22(31)21-18(25)3-2-4-19(21)26/h2-11,20H,12H2,1H3,(H,30,31). The van der Waals surface area contributed by atoms with Crippen molar-refractivity contribution in [1.82, 2.24) is 5.32 Å². The van der Waals surface area contributed by atoms with Crippen LogP contribution in [0.3, 0.4) is 0 Å². The fraction of sp³-hybridized carbons (Fsp3) is 0.174. The first-order valence-corrected chi connectivity index (χ1v) is 10.3. The maximum atomic E-state index is 14.0. The van der Waals surface area contributed by atoms with Gasteiger partial charge in [-0.25, -0.2) is 4.39 Å². The number of halogens is 6. The third-order valence-corrected chi connectivity index (χ3v) is 5.34. The van der Waals surface area contributed by atoms with E-state index in [0.29, 0.717) is 11.1 Å². The lowest BCUT2D eigenvalue weighted by molar-refractivity contribution is -0.274. The van der Waals surface area contributed by atoms with Gasteiger partial charge in [0, 0.05) is 5.88 Å². The molecular formula is C23H17Cl2F4NO2. The minimum atomic E-state index is -4.76. The van der Waals surface area contributed by atoms with E-state index in [1.807, 2.05) is 13.0 Å². The van der Waals surface area contributed by atoms with Crippen molar-refractivity contribution in [3.8, 4) is 16.9 Å². The molecule has 1 amide bonds. The first-order chi connectivity index (χ1) is 15.1. The number of hydrogen-bond donors (Lipinski definition) is 1. The number of rotatable bonds is 6. The summed E-state index contributed by atoms with van der Waals surface area (Å²) in [6.07, 6.45) is -4.76. The lowest BCUT2D eigenvalue weighted by Gasteiger charge is -2.20. The number of aryl methyl sites for hydroxylation is 1. The van der Waals surface area contributed by atoms with Gasteiger partial charge in [-0.2, -0.15) is 0 Å². The Kier molecular flexibility index (Phi) is 7.31. The summed E-state index contributed by atoms with van der Waals surface area (Å²) in [6.45, 7) is 1.81. The minimum absolute atomic E-state index is 0.0131. The highest BCUT2D eigenvalue weighted by Crippen LogP contribution is 2.30. The molecule has 1 unspecified atom stereocenters. The van der Waals surface area contributed by atoms with Crippen LogP contribution in [0.5, 0.6) is 5.75 Å². The summed E-state index contributed by atoms with van der Waals surface area (Å²) in [5.41, 5.74) is 2.66. The summed E-state index contributed by atoms with van der Waals surface area (Å²) in [4.78, 5) is 12.6. The van der Waals surface area contributed by atoms with Crippen molar-refractivity contribution in [2.45, 2.75) is 19.3 Å². The van der Waals surface area contributed by atoms with Gasteiger partial charge in [0.1, 0.15) is 11.6 Å². The Morgan fingerprint density at radius 2 is 1.72 bits per heavy atom. The van der Waals surface area contributed by atoms with Crippen molar-refractivity contribution >= 4 is 29.1 Å². The van der Waals surface area contributed by atoms with E-state index in [1.54, 1.807) is 12.1 Å². The number of benzene rings is 3. The van der Waals surface area contributed by atoms with Crippen molar-refractivity contribution in [2.24, 2.45) is 0 Å². The summed E-state index contributed by atoms with van der Waals surface area (Å²) in [5.74, 6) is -1.72. The molecule has 0 aromatic heterocycles. The van der Waals surface area contributed by atoms with Gasteiger partial charge in [0.25, 0.3) is 5.91 Å². The van der Waals surface area contributed by atoms with E-state index >= 15 is 0 Å². The average Bonchev–Trinajstić information content (AvgIpc) is 2.71. The SMILES string of the molecule is Cc1cc(-c2ccc(OC(F)(F)F)cc2)ccc1C(CCl)NC(=O)c1c(F)cccc1Cl. The maximum Gasteiger partial charge on any atom is 0.573 e. The number of hydrogen-bond acceptors (Lipinski definition) is 2. The highest BCUT2D eigenvalue weighted by atomic mass is 35.5. The van der Waals surface area contributed by atoms with E-state index in [4.69, 9.17) is 23.2 Å². The first kappa shape index (κ1) is 23.9. The number of nitrogens with one attached hydrogen (secondary N) is 1. The number of alkyl halides is 4. The third kappa shape index (κ3) is 5.72. The van der Waals surface area contributed by atoms with E-state index in [2.05, 4.69) is 10.1 Å². The molecular weight excluding hydrogens is 469 g/mol. The Bertz CT molecular complexity index is 1100. The van der Waals surface area contributed by atoms with Gasteiger partial charge in [0.15, 0.2) is 0 Å². The summed E-state index contributed by atoms with van der Waals surface area (Å²) >= 11 is 12.0. The average molecular weight is 486 g/mol. The zero-order chi connectivity index (χ0) is 23.5. The predicted molar refractivity (Wildman–Crippen MR) is 116 cm³/mol. The monoisotopic (exact) mass is 485 g/mol. The summed E-state index contributed by atoms with van der Waals surface area (Å²) in [6, 6.07) is 14.1. The van der Waals surface area contributed by atoms with E-state index < -0.39 is 24.1 Å².